The van der Waals surface area contributed by atoms with Crippen LogP contribution < -0.4 is 5.69 Å². The van der Waals surface area contributed by atoms with Gasteiger partial charge in [-0.25, -0.2) is 9.18 Å². The normalized spacial score (nSPS) is 33.0. The van der Waals surface area contributed by atoms with E-state index in [0.717, 1.165) is 10.8 Å². The second-order valence-corrected chi connectivity index (χ2v) is 4.65. The molecule has 1 aliphatic heterocycles. The highest BCUT2D eigenvalue weighted by molar-refractivity contribution is 7.71. The first kappa shape index (κ1) is 14.8. The van der Waals surface area contributed by atoms with Crippen molar-refractivity contribution in [2.24, 2.45) is 0 Å². The van der Waals surface area contributed by atoms with Gasteiger partial charge in [0.05, 0.1) is 5.56 Å². The van der Waals surface area contributed by atoms with Crippen LogP contribution in [-0.4, -0.2) is 49.5 Å². The number of aromatic amines is 1. The van der Waals surface area contributed by atoms with Crippen LogP contribution in [0.1, 0.15) is 11.8 Å². The summed E-state index contributed by atoms with van der Waals surface area (Å²) in [6.45, 7) is -1.18. The van der Waals surface area contributed by atoms with Gasteiger partial charge in [-0.1, -0.05) is 18.1 Å². The van der Waals surface area contributed by atoms with Crippen molar-refractivity contribution in [3.8, 4) is 12.3 Å². The number of aromatic nitrogens is 2. The summed E-state index contributed by atoms with van der Waals surface area (Å²) < 4.78 is 19.5. The Hall–Kier alpha value is -1.57. The smallest absolute Gasteiger partial charge is 0.328 e. The fraction of sp³-hybridized carbons (Fsp3) is 0.455. The maximum atomic E-state index is 13.9. The van der Waals surface area contributed by atoms with Crippen molar-refractivity contribution in [2.75, 3.05) is 6.61 Å². The fourth-order valence-corrected chi connectivity index (χ4v) is 2.08. The number of halogens is 1. The first-order valence-electron chi connectivity index (χ1n) is 5.50. The number of alkyl halides is 1. The molecule has 0 unspecified atom stereocenters. The number of ether oxygens (including phenoxy) is 1. The molecule has 20 heavy (non-hydrogen) atoms. The molecule has 0 radical (unpaired) electrons. The molecular weight excluding hydrogens is 291 g/mol. The van der Waals surface area contributed by atoms with Gasteiger partial charge in [0, 0.05) is 6.20 Å². The molecule has 0 bridgehead atoms. The molecule has 1 aliphatic rings. The van der Waals surface area contributed by atoms with E-state index < -0.39 is 36.6 Å². The molecule has 4 N–H and O–H groups in total. The number of hydrogen-bond acceptors (Lipinski definition) is 6. The van der Waals surface area contributed by atoms with E-state index in [9.17, 15) is 19.4 Å². The lowest BCUT2D eigenvalue weighted by atomic mass is 10.1. The Labute approximate surface area is 117 Å². The number of nitrogens with zero attached hydrogens (tertiary/aromatic N) is 1. The highest BCUT2D eigenvalue weighted by Crippen LogP contribution is 2.37. The number of aliphatic hydroxyl groups is 3. The molecule has 1 fully saturated rings. The second-order valence-electron chi connectivity index (χ2n) is 4.24. The second kappa shape index (κ2) is 5.08. The summed E-state index contributed by atoms with van der Waals surface area (Å²) >= 11 is 4.82. The highest BCUT2D eigenvalue weighted by atomic mass is 32.1. The molecule has 0 aromatic carbocycles. The number of aliphatic hydroxyl groups excluding tert-OH is 3. The summed E-state index contributed by atoms with van der Waals surface area (Å²) in [5.74, 6) is -0.659. The predicted molar refractivity (Wildman–Crippen MR) is 66.9 cm³/mol. The maximum Gasteiger partial charge on any atom is 0.328 e. The summed E-state index contributed by atoms with van der Waals surface area (Å²) in [7, 11) is 0. The molecule has 9 heteroatoms. The number of nitrogens with one attached hydrogen (secondary N) is 1. The van der Waals surface area contributed by atoms with E-state index in [2.05, 4.69) is 10.9 Å². The molecule has 7 nitrogen and oxygen atoms in total. The van der Waals surface area contributed by atoms with Gasteiger partial charge in [0.1, 0.15) is 23.5 Å². The number of rotatable bonds is 2. The van der Waals surface area contributed by atoms with Crippen LogP contribution in [0.2, 0.25) is 0 Å². The van der Waals surface area contributed by atoms with Crippen molar-refractivity contribution in [1.82, 2.24) is 9.55 Å². The van der Waals surface area contributed by atoms with Crippen molar-refractivity contribution >= 4 is 12.2 Å². The van der Waals surface area contributed by atoms with Crippen LogP contribution >= 0.6 is 12.2 Å². The lowest BCUT2D eigenvalue weighted by Crippen LogP contribution is -2.42. The molecule has 2 heterocycles. The van der Waals surface area contributed by atoms with Crippen LogP contribution in [0, 0.1) is 17.0 Å². The van der Waals surface area contributed by atoms with E-state index in [1.165, 1.54) is 0 Å². The Morgan fingerprint density at radius 3 is 2.80 bits per heavy atom. The van der Waals surface area contributed by atoms with Crippen molar-refractivity contribution in [2.45, 2.75) is 24.3 Å². The fourth-order valence-electron chi connectivity index (χ4n) is 1.88. The average Bonchev–Trinajstić information content (AvgIpc) is 2.64. The van der Waals surface area contributed by atoms with Gasteiger partial charge in [0.25, 0.3) is 5.85 Å². The molecule has 1 aromatic heterocycles. The molecule has 0 aliphatic carbocycles. The summed E-state index contributed by atoms with van der Waals surface area (Å²) in [5, 5.41) is 28.2. The maximum absolute atomic E-state index is 13.9. The Kier molecular flexibility index (Phi) is 3.77. The number of terminal acetylenes is 1. The zero-order valence-electron chi connectivity index (χ0n) is 9.99. The summed E-state index contributed by atoms with van der Waals surface area (Å²) in [6.07, 6.45) is 0.969. The van der Waals surface area contributed by atoms with E-state index in [1.54, 1.807) is 0 Å². The van der Waals surface area contributed by atoms with Gasteiger partial charge in [-0.05, 0) is 0 Å². The molecule has 1 aromatic rings. The minimum atomic E-state index is -2.87. The zero-order chi connectivity index (χ0) is 15.1. The zero-order valence-corrected chi connectivity index (χ0v) is 10.8. The predicted octanol–water partition coefficient (Wildman–Crippen LogP) is -1.20. The van der Waals surface area contributed by atoms with Crippen LogP contribution in [0.25, 0.3) is 0 Å². The SMILES string of the molecule is C#Cc1cn([C@@H]2O[C@](F)(CO)[C@@H](O)[C@H]2O)c(=O)[nH]c1=S. The number of hydrogen-bond donors (Lipinski definition) is 4. The molecule has 4 atom stereocenters. The van der Waals surface area contributed by atoms with E-state index in [0.29, 0.717) is 0 Å². The van der Waals surface area contributed by atoms with Crippen molar-refractivity contribution < 1.29 is 24.4 Å². The topological polar surface area (TPSA) is 108 Å². The van der Waals surface area contributed by atoms with Gasteiger partial charge in [-0.15, -0.1) is 6.42 Å². The Morgan fingerprint density at radius 1 is 1.65 bits per heavy atom. The van der Waals surface area contributed by atoms with E-state index in [-0.39, 0.29) is 10.2 Å². The monoisotopic (exact) mass is 302 g/mol. The quantitative estimate of drug-likeness (QED) is 0.404. The van der Waals surface area contributed by atoms with E-state index in [4.69, 9.17) is 28.5 Å². The molecule has 0 saturated carbocycles. The van der Waals surface area contributed by atoms with Crippen molar-refractivity contribution in [1.29, 1.82) is 0 Å². The van der Waals surface area contributed by atoms with Crippen molar-refractivity contribution in [3.05, 3.63) is 26.9 Å². The van der Waals surface area contributed by atoms with Gasteiger partial charge in [-0.2, -0.15) is 0 Å². The van der Waals surface area contributed by atoms with E-state index >= 15 is 0 Å². The largest absolute Gasteiger partial charge is 0.390 e. The van der Waals surface area contributed by atoms with Crippen molar-refractivity contribution in [3.63, 3.8) is 0 Å². The van der Waals surface area contributed by atoms with Crippen LogP contribution in [0.15, 0.2) is 11.0 Å². The lowest BCUT2D eigenvalue weighted by molar-refractivity contribution is -0.207. The average molecular weight is 302 g/mol. The molecular formula is C11H11FN2O5S. The van der Waals surface area contributed by atoms with Gasteiger partial charge in [-0.3, -0.25) is 9.55 Å². The van der Waals surface area contributed by atoms with Gasteiger partial charge >= 0.3 is 5.69 Å². The Balaban J connectivity index is 2.51. The molecule has 108 valence electrons. The highest BCUT2D eigenvalue weighted by Gasteiger charge is 2.55. The summed E-state index contributed by atoms with van der Waals surface area (Å²) in [5.41, 5.74) is -0.669. The van der Waals surface area contributed by atoms with Gasteiger partial charge in [0.2, 0.25) is 0 Å². The Morgan fingerprint density at radius 2 is 2.30 bits per heavy atom. The molecule has 0 spiro atoms. The molecule has 1 saturated heterocycles. The summed E-state index contributed by atoms with van der Waals surface area (Å²) in [4.78, 5) is 14.0. The van der Waals surface area contributed by atoms with Gasteiger partial charge in [0.15, 0.2) is 6.23 Å². The third kappa shape index (κ3) is 2.17. The first-order valence-corrected chi connectivity index (χ1v) is 5.90. The standard InChI is InChI=1S/C11H11FN2O5S/c1-2-5-3-14(10(18)13-8(5)20)9-6(16)7(17)11(12,4-15)19-9/h1,3,6-7,9,15-17H,4H2,(H,13,18,20)/t6-,7+,9-,11-/m1/s1. The number of H-pyrrole nitrogens is 1. The molecule has 2 rings (SSSR count). The lowest BCUT2D eigenvalue weighted by Gasteiger charge is -2.20. The van der Waals surface area contributed by atoms with Crippen LogP contribution in [-0.2, 0) is 4.74 Å². The minimum absolute atomic E-state index is 0.00968. The Bertz CT molecular complexity index is 681. The first-order chi connectivity index (χ1) is 9.34. The third-order valence-corrected chi connectivity index (χ3v) is 3.31. The summed E-state index contributed by atoms with van der Waals surface area (Å²) in [6, 6.07) is 0. The van der Waals surface area contributed by atoms with Crippen LogP contribution in [0.4, 0.5) is 4.39 Å². The van der Waals surface area contributed by atoms with Crippen LogP contribution in [0.3, 0.4) is 0 Å². The molecule has 0 amide bonds. The van der Waals surface area contributed by atoms with E-state index in [1.807, 2.05) is 0 Å². The van der Waals surface area contributed by atoms with Gasteiger partial charge < -0.3 is 20.1 Å². The third-order valence-electron chi connectivity index (χ3n) is 2.99. The van der Waals surface area contributed by atoms with Crippen LogP contribution in [0.5, 0.6) is 0 Å². The minimum Gasteiger partial charge on any atom is -0.390 e.